The Morgan fingerprint density at radius 1 is 1.19 bits per heavy atom. The molecule has 1 aromatic carbocycles. The monoisotopic (exact) mass is 349 g/mol. The largest absolute Gasteiger partial charge is 0.497 e. The summed E-state index contributed by atoms with van der Waals surface area (Å²) in [5, 5.41) is 8.60. The van der Waals surface area contributed by atoms with Gasteiger partial charge in [-0.15, -0.1) is 10.2 Å². The van der Waals surface area contributed by atoms with Gasteiger partial charge in [-0.05, 0) is 36.8 Å². The van der Waals surface area contributed by atoms with Crippen molar-refractivity contribution in [2.75, 3.05) is 7.11 Å². The van der Waals surface area contributed by atoms with Crippen molar-refractivity contribution in [2.24, 2.45) is 0 Å². The van der Waals surface area contributed by atoms with Gasteiger partial charge >= 0.3 is 0 Å². The van der Waals surface area contributed by atoms with Crippen LogP contribution in [0.3, 0.4) is 0 Å². The van der Waals surface area contributed by atoms with Crippen LogP contribution in [0, 0.1) is 0 Å². The number of fused-ring (bicyclic) bond motifs is 1. The molecule has 4 rings (SSSR count). The number of hydrogen-bond acceptors (Lipinski definition) is 5. The Bertz CT molecular complexity index is 921. The van der Waals surface area contributed by atoms with Crippen LogP contribution in [0.2, 0.25) is 0 Å². The Morgan fingerprint density at radius 3 is 2.69 bits per heavy atom. The van der Waals surface area contributed by atoms with Crippen LogP contribution < -0.4 is 4.74 Å². The van der Waals surface area contributed by atoms with Crippen molar-refractivity contribution in [3.63, 3.8) is 0 Å². The van der Waals surface area contributed by atoms with E-state index in [-0.39, 0.29) is 11.9 Å². The number of benzene rings is 1. The van der Waals surface area contributed by atoms with E-state index in [9.17, 15) is 4.79 Å². The Kier molecular flexibility index (Phi) is 4.12. The molecule has 7 heteroatoms. The van der Waals surface area contributed by atoms with Gasteiger partial charge in [-0.25, -0.2) is 0 Å². The van der Waals surface area contributed by atoms with E-state index in [2.05, 4.69) is 15.2 Å². The molecule has 3 heterocycles. The van der Waals surface area contributed by atoms with Crippen molar-refractivity contribution in [1.29, 1.82) is 0 Å². The molecule has 0 fully saturated rings. The van der Waals surface area contributed by atoms with Crippen LogP contribution in [0.5, 0.6) is 5.75 Å². The van der Waals surface area contributed by atoms with Crippen molar-refractivity contribution in [3.8, 4) is 17.1 Å². The van der Waals surface area contributed by atoms with Gasteiger partial charge in [-0.1, -0.05) is 12.1 Å². The molecule has 0 aliphatic carbocycles. The van der Waals surface area contributed by atoms with Crippen molar-refractivity contribution in [3.05, 3.63) is 60.2 Å². The lowest BCUT2D eigenvalue weighted by Gasteiger charge is -2.32. The van der Waals surface area contributed by atoms with Crippen LogP contribution in [0.4, 0.5) is 0 Å². The highest BCUT2D eigenvalue weighted by Gasteiger charge is 2.33. The van der Waals surface area contributed by atoms with E-state index in [1.54, 1.807) is 19.5 Å². The maximum Gasteiger partial charge on any atom is 0.246 e. The number of nitrogens with zero attached hydrogens (tertiary/aromatic N) is 5. The summed E-state index contributed by atoms with van der Waals surface area (Å²) in [5.41, 5.74) is 1.90. The number of aromatic nitrogens is 4. The van der Waals surface area contributed by atoms with Crippen molar-refractivity contribution < 1.29 is 9.53 Å². The molecule has 0 bridgehead atoms. The molecule has 0 saturated carbocycles. The van der Waals surface area contributed by atoms with Gasteiger partial charge in [0.05, 0.1) is 13.7 Å². The fourth-order valence-electron chi connectivity index (χ4n) is 3.24. The summed E-state index contributed by atoms with van der Waals surface area (Å²) in [6.07, 6.45) is 3.44. The molecule has 132 valence electrons. The van der Waals surface area contributed by atoms with E-state index < -0.39 is 0 Å². The van der Waals surface area contributed by atoms with Crippen molar-refractivity contribution in [1.82, 2.24) is 24.6 Å². The number of hydrogen-bond donors (Lipinski definition) is 0. The van der Waals surface area contributed by atoms with Gasteiger partial charge in [0, 0.05) is 24.5 Å². The molecule has 1 amide bonds. The lowest BCUT2D eigenvalue weighted by atomic mass is 10.1. The average molecular weight is 349 g/mol. The molecule has 0 radical (unpaired) electrons. The van der Waals surface area contributed by atoms with Gasteiger partial charge in [-0.2, -0.15) is 0 Å². The number of carbonyl (C=O) groups is 1. The zero-order valence-electron chi connectivity index (χ0n) is 14.7. The number of carbonyl (C=O) groups excluding carboxylic acids is 1. The fourth-order valence-corrected chi connectivity index (χ4v) is 3.24. The Labute approximate surface area is 151 Å². The summed E-state index contributed by atoms with van der Waals surface area (Å²) in [6, 6.07) is 11.1. The molecular formula is C19H19N5O2. The van der Waals surface area contributed by atoms with E-state index in [1.165, 1.54) is 0 Å². The second-order valence-electron chi connectivity index (χ2n) is 6.27. The summed E-state index contributed by atoms with van der Waals surface area (Å²) in [6.45, 7) is 2.85. The molecule has 2 aromatic heterocycles. The second kappa shape index (κ2) is 6.59. The standard InChI is InChI=1S/C19H19N5O2/c1-13-19(25)23(11-14-5-7-16(26-2)8-6-14)12-17-21-22-18(24(13)17)15-4-3-9-20-10-15/h3-10,13H,11-12H2,1-2H3/t13-/m0/s1. The third-order valence-corrected chi connectivity index (χ3v) is 4.61. The maximum atomic E-state index is 12.9. The zero-order valence-corrected chi connectivity index (χ0v) is 14.7. The first-order valence-electron chi connectivity index (χ1n) is 8.43. The van der Waals surface area contributed by atoms with Crippen LogP contribution in [0.1, 0.15) is 24.4 Å². The molecule has 26 heavy (non-hydrogen) atoms. The number of ether oxygens (including phenoxy) is 1. The fraction of sp³-hybridized carbons (Fsp3) is 0.263. The minimum Gasteiger partial charge on any atom is -0.497 e. The minimum atomic E-state index is -0.359. The van der Waals surface area contributed by atoms with Crippen LogP contribution in [0.25, 0.3) is 11.4 Å². The topological polar surface area (TPSA) is 73.1 Å². The zero-order chi connectivity index (χ0) is 18.1. The first kappa shape index (κ1) is 16.3. The molecule has 7 nitrogen and oxygen atoms in total. The second-order valence-corrected chi connectivity index (χ2v) is 6.27. The molecule has 1 aliphatic heterocycles. The van der Waals surface area contributed by atoms with E-state index >= 15 is 0 Å². The highest BCUT2D eigenvalue weighted by Crippen LogP contribution is 2.28. The van der Waals surface area contributed by atoms with Crippen molar-refractivity contribution >= 4 is 5.91 Å². The van der Waals surface area contributed by atoms with Crippen LogP contribution >= 0.6 is 0 Å². The number of rotatable bonds is 4. The van der Waals surface area contributed by atoms with Gasteiger partial charge in [0.2, 0.25) is 5.91 Å². The molecule has 3 aromatic rings. The quantitative estimate of drug-likeness (QED) is 0.723. The highest BCUT2D eigenvalue weighted by atomic mass is 16.5. The Balaban J connectivity index is 1.61. The summed E-state index contributed by atoms with van der Waals surface area (Å²) >= 11 is 0. The third kappa shape index (κ3) is 2.81. The van der Waals surface area contributed by atoms with E-state index in [0.717, 1.165) is 22.7 Å². The molecule has 0 spiro atoms. The van der Waals surface area contributed by atoms with Crippen LogP contribution in [0.15, 0.2) is 48.8 Å². The Morgan fingerprint density at radius 2 is 2.00 bits per heavy atom. The summed E-state index contributed by atoms with van der Waals surface area (Å²) in [4.78, 5) is 18.8. The van der Waals surface area contributed by atoms with Gasteiger partial charge < -0.3 is 9.64 Å². The van der Waals surface area contributed by atoms with Gasteiger partial charge in [0.25, 0.3) is 0 Å². The molecular weight excluding hydrogens is 330 g/mol. The summed E-state index contributed by atoms with van der Waals surface area (Å²) in [5.74, 6) is 2.31. The highest BCUT2D eigenvalue weighted by molar-refractivity contribution is 5.82. The normalized spacial score (nSPS) is 16.5. The van der Waals surface area contributed by atoms with E-state index in [0.29, 0.717) is 18.9 Å². The van der Waals surface area contributed by atoms with Gasteiger partial charge in [0.15, 0.2) is 11.6 Å². The van der Waals surface area contributed by atoms with Crippen molar-refractivity contribution in [2.45, 2.75) is 26.1 Å². The summed E-state index contributed by atoms with van der Waals surface area (Å²) in [7, 11) is 1.64. The molecule has 1 aliphatic rings. The van der Waals surface area contributed by atoms with Crippen LogP contribution in [-0.2, 0) is 17.9 Å². The predicted octanol–water partition coefficient (Wildman–Crippen LogP) is 2.45. The molecule has 0 unspecified atom stereocenters. The first-order valence-corrected chi connectivity index (χ1v) is 8.43. The molecule has 0 saturated heterocycles. The number of methoxy groups -OCH3 is 1. The lowest BCUT2D eigenvalue weighted by Crippen LogP contribution is -2.41. The van der Waals surface area contributed by atoms with E-state index in [1.807, 2.05) is 52.8 Å². The lowest BCUT2D eigenvalue weighted by molar-refractivity contribution is -0.137. The average Bonchev–Trinajstić information content (AvgIpc) is 3.11. The SMILES string of the molecule is COc1ccc(CN2Cc3nnc(-c4cccnc4)n3[C@@H](C)C2=O)cc1. The van der Waals surface area contributed by atoms with Gasteiger partial charge in [0.1, 0.15) is 11.8 Å². The van der Waals surface area contributed by atoms with Gasteiger partial charge in [-0.3, -0.25) is 14.3 Å². The first-order chi connectivity index (χ1) is 12.7. The number of amides is 1. The van der Waals surface area contributed by atoms with Crippen LogP contribution in [-0.4, -0.2) is 37.7 Å². The number of pyridine rings is 1. The van der Waals surface area contributed by atoms with E-state index in [4.69, 9.17) is 4.74 Å². The third-order valence-electron chi connectivity index (χ3n) is 4.61. The minimum absolute atomic E-state index is 0.0539. The smallest absolute Gasteiger partial charge is 0.246 e. The summed E-state index contributed by atoms with van der Waals surface area (Å²) < 4.78 is 7.09. The molecule has 0 N–H and O–H groups in total. The molecule has 1 atom stereocenters. The predicted molar refractivity (Wildman–Crippen MR) is 95.2 cm³/mol. The Hall–Kier alpha value is -3.22. The maximum absolute atomic E-state index is 12.9.